The quantitative estimate of drug-likeness (QED) is 0.646. The molecule has 0 spiro atoms. The van der Waals surface area contributed by atoms with E-state index in [1.807, 2.05) is 24.3 Å². The summed E-state index contributed by atoms with van der Waals surface area (Å²) in [5.41, 5.74) is 1.92. The molecular weight excluding hydrogens is 382 g/mol. The molecule has 7 heteroatoms. The first kappa shape index (κ1) is 21.6. The lowest BCUT2D eigenvalue weighted by Crippen LogP contribution is -2.21. The summed E-state index contributed by atoms with van der Waals surface area (Å²) >= 11 is 6.10. The molecule has 28 heavy (non-hydrogen) atoms. The minimum Gasteiger partial charge on any atom is -0.493 e. The molecule has 0 heterocycles. The third-order valence-electron chi connectivity index (χ3n) is 4.38. The Labute approximate surface area is 169 Å². The molecule has 0 aliphatic heterocycles. The predicted octanol–water partition coefficient (Wildman–Crippen LogP) is 4.67. The summed E-state index contributed by atoms with van der Waals surface area (Å²) in [5, 5.41) is 3.01. The van der Waals surface area contributed by atoms with Gasteiger partial charge in [-0.2, -0.15) is 0 Å². The number of carbonyl (C=O) groups excluding carboxylic acids is 2. The van der Waals surface area contributed by atoms with Crippen LogP contribution < -0.4 is 14.8 Å². The summed E-state index contributed by atoms with van der Waals surface area (Å²) in [6, 6.07) is 10.4. The van der Waals surface area contributed by atoms with Crippen LogP contribution in [0.25, 0.3) is 0 Å². The highest BCUT2D eigenvalue weighted by molar-refractivity contribution is 6.32. The van der Waals surface area contributed by atoms with E-state index in [0.717, 1.165) is 12.0 Å². The summed E-state index contributed by atoms with van der Waals surface area (Å²) in [6.07, 6.45) is 0.946. The van der Waals surface area contributed by atoms with Crippen LogP contribution in [0.2, 0.25) is 5.02 Å². The van der Waals surface area contributed by atoms with Crippen LogP contribution in [0.5, 0.6) is 11.5 Å². The van der Waals surface area contributed by atoms with E-state index < -0.39 is 18.5 Å². The number of hydrogen-bond donors (Lipinski definition) is 1. The van der Waals surface area contributed by atoms with Crippen LogP contribution in [0.4, 0.5) is 5.69 Å². The van der Waals surface area contributed by atoms with Gasteiger partial charge in [0.25, 0.3) is 5.91 Å². The molecule has 1 amide bonds. The number of halogens is 1. The highest BCUT2D eigenvalue weighted by Crippen LogP contribution is 2.36. The average Bonchev–Trinajstić information content (AvgIpc) is 2.71. The van der Waals surface area contributed by atoms with Gasteiger partial charge in [0.1, 0.15) is 0 Å². The summed E-state index contributed by atoms with van der Waals surface area (Å²) in [5.74, 6) is -0.189. The van der Waals surface area contributed by atoms with Gasteiger partial charge in [-0.05, 0) is 36.1 Å². The molecule has 1 atom stereocenters. The van der Waals surface area contributed by atoms with Crippen LogP contribution in [0.15, 0.2) is 36.4 Å². The number of rotatable bonds is 8. The fourth-order valence-electron chi connectivity index (χ4n) is 2.70. The van der Waals surface area contributed by atoms with Crippen molar-refractivity contribution in [2.45, 2.75) is 26.2 Å². The second-order valence-electron chi connectivity index (χ2n) is 6.21. The molecule has 0 radical (unpaired) electrons. The van der Waals surface area contributed by atoms with Crippen molar-refractivity contribution in [3.63, 3.8) is 0 Å². The number of methoxy groups -OCH3 is 2. The van der Waals surface area contributed by atoms with Crippen LogP contribution in [0.3, 0.4) is 0 Å². The van der Waals surface area contributed by atoms with Crippen molar-refractivity contribution in [3.8, 4) is 11.5 Å². The first-order valence-corrected chi connectivity index (χ1v) is 9.26. The number of esters is 1. The molecule has 0 aromatic heterocycles. The van der Waals surface area contributed by atoms with Crippen molar-refractivity contribution in [2.75, 3.05) is 26.1 Å². The Bertz CT molecular complexity index is 853. The van der Waals surface area contributed by atoms with Gasteiger partial charge in [0, 0.05) is 5.69 Å². The number of hydrogen-bond acceptors (Lipinski definition) is 5. The minimum atomic E-state index is -0.687. The van der Waals surface area contributed by atoms with Crippen LogP contribution in [-0.4, -0.2) is 32.7 Å². The Morgan fingerprint density at radius 2 is 1.86 bits per heavy atom. The number of benzene rings is 2. The van der Waals surface area contributed by atoms with Gasteiger partial charge in [-0.3, -0.25) is 4.79 Å². The molecule has 0 unspecified atom stereocenters. The summed E-state index contributed by atoms with van der Waals surface area (Å²) < 4.78 is 15.4. The molecule has 0 aliphatic rings. The fraction of sp³-hybridized carbons (Fsp3) is 0.333. The van der Waals surface area contributed by atoms with E-state index in [-0.39, 0.29) is 10.6 Å². The van der Waals surface area contributed by atoms with Gasteiger partial charge in [0.2, 0.25) is 0 Å². The minimum absolute atomic E-state index is 0.162. The number of nitrogens with one attached hydrogen (secondary N) is 1. The van der Waals surface area contributed by atoms with E-state index in [0.29, 0.717) is 23.1 Å². The lowest BCUT2D eigenvalue weighted by atomic mass is 9.97. The maximum Gasteiger partial charge on any atom is 0.338 e. The molecular formula is C21H24ClNO5. The number of amides is 1. The third-order valence-corrected chi connectivity index (χ3v) is 4.66. The standard InChI is InChI=1S/C21H24ClNO5/c1-5-13(2)15-8-6-7-9-17(15)23-19(24)12-28-21(25)14-10-16(22)20(27-4)18(11-14)26-3/h6-11,13H,5,12H2,1-4H3,(H,23,24)/t13-/m1/s1. The lowest BCUT2D eigenvalue weighted by molar-refractivity contribution is -0.119. The lowest BCUT2D eigenvalue weighted by Gasteiger charge is -2.15. The van der Waals surface area contributed by atoms with Crippen LogP contribution in [-0.2, 0) is 9.53 Å². The SMILES string of the molecule is CC[C@@H](C)c1ccccc1NC(=O)COC(=O)c1cc(Cl)c(OC)c(OC)c1. The highest BCUT2D eigenvalue weighted by Gasteiger charge is 2.18. The third kappa shape index (κ3) is 5.16. The maximum atomic E-state index is 12.3. The molecule has 1 N–H and O–H groups in total. The first-order valence-electron chi connectivity index (χ1n) is 8.88. The van der Waals surface area contributed by atoms with Crippen molar-refractivity contribution in [1.82, 2.24) is 0 Å². The zero-order chi connectivity index (χ0) is 20.7. The summed E-state index contributed by atoms with van der Waals surface area (Å²) in [7, 11) is 2.88. The van der Waals surface area contributed by atoms with Crippen molar-refractivity contribution in [3.05, 3.63) is 52.5 Å². The van der Waals surface area contributed by atoms with Gasteiger partial charge in [-0.25, -0.2) is 4.79 Å². The van der Waals surface area contributed by atoms with E-state index in [1.54, 1.807) is 0 Å². The molecule has 0 saturated heterocycles. The molecule has 2 aromatic rings. The van der Waals surface area contributed by atoms with Gasteiger partial charge in [-0.1, -0.05) is 43.6 Å². The largest absolute Gasteiger partial charge is 0.493 e. The number of carbonyl (C=O) groups is 2. The second kappa shape index (κ2) is 9.99. The van der Waals surface area contributed by atoms with E-state index >= 15 is 0 Å². The Morgan fingerprint density at radius 1 is 1.14 bits per heavy atom. The summed E-state index contributed by atoms with van der Waals surface area (Å²) in [6.45, 7) is 3.75. The van der Waals surface area contributed by atoms with Gasteiger partial charge in [-0.15, -0.1) is 0 Å². The van der Waals surface area contributed by atoms with Crippen molar-refractivity contribution < 1.29 is 23.8 Å². The van der Waals surface area contributed by atoms with E-state index in [9.17, 15) is 9.59 Å². The van der Waals surface area contributed by atoms with Crippen LogP contribution in [0.1, 0.15) is 42.1 Å². The number of ether oxygens (including phenoxy) is 3. The van der Waals surface area contributed by atoms with Crippen LogP contribution in [0, 0.1) is 0 Å². The topological polar surface area (TPSA) is 73.9 Å². The van der Waals surface area contributed by atoms with E-state index in [4.69, 9.17) is 25.8 Å². The number of anilines is 1. The second-order valence-corrected chi connectivity index (χ2v) is 6.62. The first-order chi connectivity index (χ1) is 13.4. The highest BCUT2D eigenvalue weighted by atomic mass is 35.5. The molecule has 0 aliphatic carbocycles. The van der Waals surface area contributed by atoms with E-state index in [2.05, 4.69) is 19.2 Å². The fourth-order valence-corrected chi connectivity index (χ4v) is 2.98. The van der Waals surface area contributed by atoms with Gasteiger partial charge >= 0.3 is 5.97 Å². The van der Waals surface area contributed by atoms with E-state index in [1.165, 1.54) is 26.4 Å². The van der Waals surface area contributed by atoms with Gasteiger partial charge in [0.15, 0.2) is 18.1 Å². The van der Waals surface area contributed by atoms with Gasteiger partial charge in [0.05, 0.1) is 24.8 Å². The van der Waals surface area contributed by atoms with Gasteiger partial charge < -0.3 is 19.5 Å². The molecule has 2 rings (SSSR count). The summed E-state index contributed by atoms with van der Waals surface area (Å²) in [4.78, 5) is 24.5. The van der Waals surface area contributed by atoms with Crippen molar-refractivity contribution >= 4 is 29.2 Å². The van der Waals surface area contributed by atoms with Crippen molar-refractivity contribution in [1.29, 1.82) is 0 Å². The molecule has 150 valence electrons. The molecule has 0 saturated carbocycles. The van der Waals surface area contributed by atoms with Crippen molar-refractivity contribution in [2.24, 2.45) is 0 Å². The Balaban J connectivity index is 2.04. The molecule has 0 fully saturated rings. The number of para-hydroxylation sites is 1. The van der Waals surface area contributed by atoms with Crippen LogP contribution >= 0.6 is 11.6 Å². The monoisotopic (exact) mass is 405 g/mol. The average molecular weight is 406 g/mol. The zero-order valence-corrected chi connectivity index (χ0v) is 17.1. The molecule has 6 nitrogen and oxygen atoms in total. The Morgan fingerprint density at radius 3 is 2.50 bits per heavy atom. The normalized spacial score (nSPS) is 11.5. The smallest absolute Gasteiger partial charge is 0.338 e. The zero-order valence-electron chi connectivity index (χ0n) is 16.4. The predicted molar refractivity (Wildman–Crippen MR) is 109 cm³/mol. The Hall–Kier alpha value is -2.73. The Kier molecular flexibility index (Phi) is 7.70. The maximum absolute atomic E-state index is 12.3. The molecule has 2 aromatic carbocycles. The molecule has 0 bridgehead atoms.